The Morgan fingerprint density at radius 3 is 2.47 bits per heavy atom. The minimum Gasteiger partial charge on any atom is -0.342 e. The topological polar surface area (TPSA) is 84.3 Å². The fourth-order valence-electron chi connectivity index (χ4n) is 4.28. The van der Waals surface area contributed by atoms with Gasteiger partial charge < -0.3 is 9.88 Å². The van der Waals surface area contributed by atoms with Crippen molar-refractivity contribution in [2.24, 2.45) is 13.0 Å². The number of carbonyl (C=O) groups excluding carboxylic acids is 1. The Morgan fingerprint density at radius 1 is 1.12 bits per heavy atom. The van der Waals surface area contributed by atoms with Gasteiger partial charge in [-0.05, 0) is 67.6 Å². The molecule has 1 aromatic heterocycles. The molecule has 1 fully saturated rings. The molecule has 1 saturated heterocycles. The second-order valence-corrected chi connectivity index (χ2v) is 10.8. The average Bonchev–Trinajstić information content (AvgIpc) is 3.24. The van der Waals surface area contributed by atoms with Gasteiger partial charge >= 0.3 is 0 Å². The van der Waals surface area contributed by atoms with Crippen molar-refractivity contribution >= 4 is 15.9 Å². The Labute approximate surface area is 199 Å². The molecule has 0 radical (unpaired) electrons. The van der Waals surface area contributed by atoms with Crippen LogP contribution >= 0.6 is 0 Å². The van der Waals surface area contributed by atoms with Crippen molar-refractivity contribution in [3.05, 3.63) is 83.2 Å². The van der Waals surface area contributed by atoms with Crippen molar-refractivity contribution in [2.75, 3.05) is 13.1 Å². The summed E-state index contributed by atoms with van der Waals surface area (Å²) in [5.41, 5.74) is 2.56. The quantitative estimate of drug-likeness (QED) is 0.581. The SMILES string of the molecule is Cc1ccc(S(=O)(=O)N2CCC(C(=O)NC(c3cccc(F)c3)c3nccn3C)CC2)cc1C. The zero-order chi connectivity index (χ0) is 24.5. The first-order valence-corrected chi connectivity index (χ1v) is 12.7. The highest BCUT2D eigenvalue weighted by atomic mass is 32.2. The lowest BCUT2D eigenvalue weighted by atomic mass is 9.96. The number of hydrogen-bond donors (Lipinski definition) is 1. The van der Waals surface area contributed by atoms with Gasteiger partial charge in [0.25, 0.3) is 0 Å². The highest BCUT2D eigenvalue weighted by Crippen LogP contribution is 2.27. The number of piperidine rings is 1. The molecule has 4 rings (SSSR count). The number of aryl methyl sites for hydroxylation is 3. The smallest absolute Gasteiger partial charge is 0.243 e. The summed E-state index contributed by atoms with van der Waals surface area (Å²) in [5.74, 6) is -0.340. The molecule has 1 N–H and O–H groups in total. The zero-order valence-corrected chi connectivity index (χ0v) is 20.3. The minimum atomic E-state index is -3.62. The van der Waals surface area contributed by atoms with Crippen LogP contribution < -0.4 is 5.32 Å². The maximum Gasteiger partial charge on any atom is 0.243 e. The molecule has 9 heteroatoms. The second kappa shape index (κ2) is 9.68. The van der Waals surface area contributed by atoms with Crippen LogP contribution in [0.25, 0.3) is 0 Å². The monoisotopic (exact) mass is 484 g/mol. The van der Waals surface area contributed by atoms with E-state index in [1.54, 1.807) is 41.2 Å². The predicted octanol–water partition coefficient (Wildman–Crippen LogP) is 3.48. The molecule has 2 aromatic carbocycles. The maximum atomic E-state index is 13.9. The number of amides is 1. The first-order valence-electron chi connectivity index (χ1n) is 11.3. The van der Waals surface area contributed by atoms with Crippen molar-refractivity contribution in [2.45, 2.75) is 37.6 Å². The van der Waals surface area contributed by atoms with Crippen LogP contribution in [0.1, 0.15) is 41.4 Å². The fourth-order valence-corrected chi connectivity index (χ4v) is 5.84. The molecule has 1 aliphatic heterocycles. The number of nitrogens with one attached hydrogen (secondary N) is 1. The first-order chi connectivity index (χ1) is 16.2. The molecule has 180 valence electrons. The van der Waals surface area contributed by atoms with Crippen LogP contribution in [0.15, 0.2) is 59.8 Å². The molecular weight excluding hydrogens is 455 g/mol. The van der Waals surface area contributed by atoms with E-state index >= 15 is 0 Å². The molecular formula is C25H29FN4O3S. The van der Waals surface area contributed by atoms with E-state index in [0.29, 0.717) is 24.2 Å². The number of halogens is 1. The number of aromatic nitrogens is 2. The predicted molar refractivity (Wildman–Crippen MR) is 127 cm³/mol. The molecule has 1 unspecified atom stereocenters. The largest absolute Gasteiger partial charge is 0.342 e. The van der Waals surface area contributed by atoms with E-state index in [4.69, 9.17) is 0 Å². The Kier molecular flexibility index (Phi) is 6.86. The van der Waals surface area contributed by atoms with Crippen LogP contribution in [0.4, 0.5) is 4.39 Å². The molecule has 1 amide bonds. The van der Waals surface area contributed by atoms with Crippen LogP contribution in [0, 0.1) is 25.6 Å². The lowest BCUT2D eigenvalue weighted by Crippen LogP contribution is -2.44. The van der Waals surface area contributed by atoms with Gasteiger partial charge in [0.15, 0.2) is 0 Å². The third-order valence-corrected chi connectivity index (χ3v) is 8.42. The Morgan fingerprint density at radius 2 is 1.85 bits per heavy atom. The molecule has 0 saturated carbocycles. The lowest BCUT2D eigenvalue weighted by molar-refractivity contribution is -0.126. The third kappa shape index (κ3) is 4.90. The molecule has 2 heterocycles. The molecule has 0 bridgehead atoms. The van der Waals surface area contributed by atoms with Gasteiger partial charge in [-0.25, -0.2) is 17.8 Å². The summed E-state index contributed by atoms with van der Waals surface area (Å²) in [6.07, 6.45) is 4.21. The van der Waals surface area contributed by atoms with E-state index in [9.17, 15) is 17.6 Å². The van der Waals surface area contributed by atoms with Crippen LogP contribution in [0.2, 0.25) is 0 Å². The summed E-state index contributed by atoms with van der Waals surface area (Å²) >= 11 is 0. The van der Waals surface area contributed by atoms with Crippen molar-refractivity contribution in [1.29, 1.82) is 0 Å². The van der Waals surface area contributed by atoms with Crippen molar-refractivity contribution in [1.82, 2.24) is 19.2 Å². The summed E-state index contributed by atoms with van der Waals surface area (Å²) < 4.78 is 43.3. The van der Waals surface area contributed by atoms with E-state index in [0.717, 1.165) is 11.1 Å². The average molecular weight is 485 g/mol. The van der Waals surface area contributed by atoms with Gasteiger partial charge in [-0.1, -0.05) is 18.2 Å². The molecule has 1 atom stereocenters. The Hall–Kier alpha value is -3.04. The van der Waals surface area contributed by atoms with E-state index in [2.05, 4.69) is 10.3 Å². The van der Waals surface area contributed by atoms with E-state index in [1.165, 1.54) is 16.4 Å². The molecule has 0 aliphatic carbocycles. The van der Waals surface area contributed by atoms with Gasteiger partial charge in [-0.15, -0.1) is 0 Å². The number of benzene rings is 2. The van der Waals surface area contributed by atoms with Crippen LogP contribution in [0.3, 0.4) is 0 Å². The van der Waals surface area contributed by atoms with E-state index < -0.39 is 21.9 Å². The summed E-state index contributed by atoms with van der Waals surface area (Å²) in [5, 5.41) is 3.02. The van der Waals surface area contributed by atoms with Crippen molar-refractivity contribution < 1.29 is 17.6 Å². The normalized spacial score (nSPS) is 16.4. The number of nitrogens with zero attached hydrogens (tertiary/aromatic N) is 3. The van der Waals surface area contributed by atoms with Crippen LogP contribution in [0.5, 0.6) is 0 Å². The molecule has 0 spiro atoms. The molecule has 7 nitrogen and oxygen atoms in total. The number of carbonyl (C=O) groups is 1. The summed E-state index contributed by atoms with van der Waals surface area (Å²) in [7, 11) is -1.80. The van der Waals surface area contributed by atoms with Crippen LogP contribution in [-0.4, -0.2) is 41.3 Å². The van der Waals surface area contributed by atoms with Gasteiger partial charge in [0.05, 0.1) is 4.90 Å². The number of hydrogen-bond acceptors (Lipinski definition) is 4. The van der Waals surface area contributed by atoms with E-state index in [-0.39, 0.29) is 29.8 Å². The number of rotatable bonds is 6. The number of sulfonamides is 1. The zero-order valence-electron chi connectivity index (χ0n) is 19.5. The Bertz CT molecular complexity index is 1300. The summed E-state index contributed by atoms with van der Waals surface area (Å²) in [4.78, 5) is 17.8. The molecule has 34 heavy (non-hydrogen) atoms. The van der Waals surface area contributed by atoms with Gasteiger partial charge in [-0.3, -0.25) is 4.79 Å². The highest BCUT2D eigenvalue weighted by Gasteiger charge is 2.33. The standard InChI is InChI=1S/C25H29FN4O3S/c1-17-7-8-22(15-18(17)2)34(32,33)30-12-9-19(10-13-30)25(31)28-23(24-27-11-14-29(24)3)20-5-4-6-21(26)16-20/h4-8,11,14-16,19,23H,9-10,12-13H2,1-3H3,(H,28,31). The Balaban J connectivity index is 1.47. The van der Waals surface area contributed by atoms with Gasteiger partial charge in [0.2, 0.25) is 15.9 Å². The van der Waals surface area contributed by atoms with Crippen LogP contribution in [-0.2, 0) is 21.9 Å². The van der Waals surface area contributed by atoms with E-state index in [1.807, 2.05) is 27.0 Å². The molecule has 1 aliphatic rings. The number of imidazole rings is 1. The first kappa shape index (κ1) is 24.1. The van der Waals surface area contributed by atoms with Crippen molar-refractivity contribution in [3.8, 4) is 0 Å². The third-order valence-electron chi connectivity index (χ3n) is 6.53. The summed E-state index contributed by atoms with van der Waals surface area (Å²) in [6.45, 7) is 4.36. The highest BCUT2D eigenvalue weighted by molar-refractivity contribution is 7.89. The van der Waals surface area contributed by atoms with Gasteiger partial charge in [-0.2, -0.15) is 4.31 Å². The summed E-state index contributed by atoms with van der Waals surface area (Å²) in [6, 6.07) is 10.6. The fraction of sp³-hybridized carbons (Fsp3) is 0.360. The van der Waals surface area contributed by atoms with Gasteiger partial charge in [0.1, 0.15) is 17.7 Å². The second-order valence-electron chi connectivity index (χ2n) is 8.82. The minimum absolute atomic E-state index is 0.194. The lowest BCUT2D eigenvalue weighted by Gasteiger charge is -2.31. The van der Waals surface area contributed by atoms with Crippen molar-refractivity contribution in [3.63, 3.8) is 0 Å². The maximum absolute atomic E-state index is 13.9. The van der Waals surface area contributed by atoms with Gasteiger partial charge in [0, 0.05) is 38.4 Å². The molecule has 3 aromatic rings.